The third kappa shape index (κ3) is 8.80. The summed E-state index contributed by atoms with van der Waals surface area (Å²) in [6.07, 6.45) is 0. The van der Waals surface area contributed by atoms with Crippen LogP contribution in [0.1, 0.15) is 52.7 Å². The molecule has 0 unspecified atom stereocenters. The van der Waals surface area contributed by atoms with E-state index in [9.17, 15) is 0 Å². The van der Waals surface area contributed by atoms with E-state index >= 15 is 0 Å². The Morgan fingerprint density at radius 1 is 0.311 bits per heavy atom. The van der Waals surface area contributed by atoms with Gasteiger partial charge in [0.05, 0.1) is 5.69 Å². The molecule has 0 amide bonds. The molecular weight excluding hydrogens is 911 g/mol. The Kier molecular flexibility index (Phi) is 12.0. The highest BCUT2D eigenvalue weighted by Crippen LogP contribution is 2.47. The van der Waals surface area contributed by atoms with Crippen LogP contribution < -0.4 is 4.90 Å². The van der Waals surface area contributed by atoms with E-state index in [1.54, 1.807) is 0 Å². The van der Waals surface area contributed by atoms with Crippen LogP contribution in [0.4, 0.5) is 17.1 Å². The first kappa shape index (κ1) is 46.8. The van der Waals surface area contributed by atoms with Crippen molar-refractivity contribution >= 4 is 59.3 Å². The summed E-state index contributed by atoms with van der Waals surface area (Å²) in [4.78, 5) is 2.45. The number of fused-ring (bicyclic) bond motifs is 4. The molecule has 0 aliphatic carbocycles. The van der Waals surface area contributed by atoms with E-state index in [1.165, 1.54) is 103 Å². The summed E-state index contributed by atoms with van der Waals surface area (Å²) >= 11 is 1.88. The summed E-state index contributed by atoms with van der Waals surface area (Å²) in [7, 11) is 0. The van der Waals surface area contributed by atoms with Gasteiger partial charge >= 0.3 is 0 Å². The highest BCUT2D eigenvalue weighted by molar-refractivity contribution is 7.26. The quantitative estimate of drug-likeness (QED) is 0.139. The van der Waals surface area contributed by atoms with Crippen LogP contribution >= 0.6 is 11.3 Å². The molecule has 0 spiro atoms. The number of hydrogen-bond donors (Lipinski definition) is 0. The van der Waals surface area contributed by atoms with E-state index in [0.717, 1.165) is 22.6 Å². The molecule has 11 aromatic carbocycles. The molecular formula is C72H59NS. The molecule has 0 atom stereocenters. The van der Waals surface area contributed by atoms with Crippen LogP contribution in [0.25, 0.3) is 97.7 Å². The molecule has 0 radical (unpaired) electrons. The minimum atomic E-state index is -0.0121. The average molecular weight is 970 g/mol. The second-order valence-electron chi connectivity index (χ2n) is 21.7. The second kappa shape index (κ2) is 19.0. The molecule has 0 bridgehead atoms. The molecule has 74 heavy (non-hydrogen) atoms. The van der Waals surface area contributed by atoms with Gasteiger partial charge in [0.15, 0.2) is 0 Å². The molecule has 2 heteroatoms. The summed E-state index contributed by atoms with van der Waals surface area (Å²) in [6.45, 7) is 13.9. The minimum Gasteiger partial charge on any atom is -0.310 e. The minimum absolute atomic E-state index is 0.0121. The Morgan fingerprint density at radius 3 is 1.47 bits per heavy atom. The zero-order valence-corrected chi connectivity index (χ0v) is 43.8. The largest absolute Gasteiger partial charge is 0.310 e. The maximum atomic E-state index is 2.45. The highest BCUT2D eigenvalue weighted by Gasteiger charge is 2.24. The van der Waals surface area contributed by atoms with Gasteiger partial charge in [0.1, 0.15) is 0 Å². The molecule has 12 aromatic rings. The van der Waals surface area contributed by atoms with E-state index in [2.05, 4.69) is 295 Å². The monoisotopic (exact) mass is 969 g/mol. The molecule has 0 saturated heterocycles. The number of rotatable bonds is 9. The van der Waals surface area contributed by atoms with Crippen LogP contribution in [0.5, 0.6) is 0 Å². The summed E-state index contributed by atoms with van der Waals surface area (Å²) in [5.74, 6) is 0. The Bertz CT molecular complexity index is 3960. The van der Waals surface area contributed by atoms with Gasteiger partial charge in [0, 0.05) is 37.1 Å². The third-order valence-electron chi connectivity index (χ3n) is 14.8. The van der Waals surface area contributed by atoms with Gasteiger partial charge in [-0.15, -0.1) is 11.3 Å². The van der Waals surface area contributed by atoms with Crippen molar-refractivity contribution in [2.75, 3.05) is 4.90 Å². The van der Waals surface area contributed by atoms with Gasteiger partial charge in [0.2, 0.25) is 0 Å². The van der Waals surface area contributed by atoms with Crippen molar-refractivity contribution in [3.63, 3.8) is 0 Å². The van der Waals surface area contributed by atoms with Crippen molar-refractivity contribution in [1.29, 1.82) is 0 Å². The lowest BCUT2D eigenvalue weighted by molar-refractivity contribution is 0.569. The zero-order valence-electron chi connectivity index (χ0n) is 43.0. The molecule has 0 aliphatic rings. The van der Waals surface area contributed by atoms with Gasteiger partial charge in [-0.2, -0.15) is 0 Å². The Hall–Kier alpha value is -8.30. The standard InChI is InChI=1S/C72H59NS/c1-71(2,3)55-44-54(45-56(47-55)72(4,5)6)60-28-17-24-52-25-18-30-64(69(52)60)62-26-13-15-32-67(62)73(58-41-36-51(37-42-58)61-29-19-31-65-63-27-14-16-33-68(63)74-70(61)65)57-39-34-48(35-40-57)53-38-43-59(49-20-9-7-10-21-49)66(46-53)50-22-11-8-12-23-50/h7-47H,1-6H3. The molecule has 0 fully saturated rings. The summed E-state index contributed by atoms with van der Waals surface area (Å²) in [5, 5.41) is 5.09. The summed E-state index contributed by atoms with van der Waals surface area (Å²) in [5.41, 5.74) is 20.5. The number of nitrogens with zero attached hydrogens (tertiary/aromatic N) is 1. The van der Waals surface area contributed by atoms with Crippen LogP contribution in [0.2, 0.25) is 0 Å². The number of anilines is 3. The van der Waals surface area contributed by atoms with Gasteiger partial charge in [-0.25, -0.2) is 0 Å². The van der Waals surface area contributed by atoms with E-state index in [-0.39, 0.29) is 10.8 Å². The van der Waals surface area contributed by atoms with Crippen molar-refractivity contribution in [2.45, 2.75) is 52.4 Å². The van der Waals surface area contributed by atoms with Crippen LogP contribution in [-0.4, -0.2) is 0 Å². The van der Waals surface area contributed by atoms with Crippen LogP contribution in [0, 0.1) is 0 Å². The zero-order chi connectivity index (χ0) is 50.6. The topological polar surface area (TPSA) is 3.24 Å². The van der Waals surface area contributed by atoms with Crippen molar-refractivity contribution in [2.24, 2.45) is 0 Å². The smallest absolute Gasteiger partial charge is 0.0540 e. The van der Waals surface area contributed by atoms with E-state index in [1.807, 2.05) is 11.3 Å². The second-order valence-corrected chi connectivity index (χ2v) is 22.8. The van der Waals surface area contributed by atoms with Gasteiger partial charge in [-0.3, -0.25) is 0 Å². The van der Waals surface area contributed by atoms with Crippen LogP contribution in [0.15, 0.2) is 249 Å². The van der Waals surface area contributed by atoms with Crippen LogP contribution in [0.3, 0.4) is 0 Å². The van der Waals surface area contributed by atoms with Gasteiger partial charge in [0.25, 0.3) is 0 Å². The lowest BCUT2D eigenvalue weighted by Crippen LogP contribution is -2.16. The molecule has 1 heterocycles. The number of thiophene rings is 1. The average Bonchev–Trinajstić information content (AvgIpc) is 3.83. The van der Waals surface area contributed by atoms with E-state index < -0.39 is 0 Å². The van der Waals surface area contributed by atoms with E-state index in [4.69, 9.17) is 0 Å². The van der Waals surface area contributed by atoms with Gasteiger partial charge < -0.3 is 4.90 Å². The molecule has 0 saturated carbocycles. The van der Waals surface area contributed by atoms with Crippen molar-refractivity contribution in [3.8, 4) is 66.8 Å². The van der Waals surface area contributed by atoms with Crippen molar-refractivity contribution in [1.82, 2.24) is 0 Å². The number of para-hydroxylation sites is 1. The van der Waals surface area contributed by atoms with Crippen molar-refractivity contribution in [3.05, 3.63) is 260 Å². The predicted molar refractivity (Wildman–Crippen MR) is 322 cm³/mol. The maximum Gasteiger partial charge on any atom is 0.0540 e. The maximum absolute atomic E-state index is 2.45. The first-order valence-electron chi connectivity index (χ1n) is 25.9. The molecule has 1 aromatic heterocycles. The fraction of sp³-hybridized carbons (Fsp3) is 0.111. The summed E-state index contributed by atoms with van der Waals surface area (Å²) < 4.78 is 2.63. The molecule has 1 nitrogen and oxygen atoms in total. The highest BCUT2D eigenvalue weighted by atomic mass is 32.1. The molecule has 0 aliphatic heterocycles. The third-order valence-corrected chi connectivity index (χ3v) is 16.0. The van der Waals surface area contributed by atoms with Crippen LogP contribution in [-0.2, 0) is 10.8 Å². The fourth-order valence-electron chi connectivity index (χ4n) is 10.8. The predicted octanol–water partition coefficient (Wildman–Crippen LogP) is 21.3. The molecule has 358 valence electrons. The lowest BCUT2D eigenvalue weighted by Gasteiger charge is -2.29. The fourth-order valence-corrected chi connectivity index (χ4v) is 12.0. The Labute approximate surface area is 440 Å². The normalized spacial score (nSPS) is 11.9. The molecule has 12 rings (SSSR count). The Morgan fingerprint density at radius 2 is 0.811 bits per heavy atom. The first-order valence-corrected chi connectivity index (χ1v) is 26.7. The number of benzene rings is 11. The van der Waals surface area contributed by atoms with Gasteiger partial charge in [-0.05, 0) is 136 Å². The molecule has 0 N–H and O–H groups in total. The SMILES string of the molecule is CC(C)(C)c1cc(-c2cccc3cccc(-c4ccccc4N(c4ccc(-c5ccc(-c6ccccc6)c(-c6ccccc6)c5)cc4)c4ccc(-c5cccc6c5sc5ccccc56)cc4)c23)cc(C(C)(C)C)c1. The lowest BCUT2D eigenvalue weighted by atomic mass is 9.78. The van der Waals surface area contributed by atoms with E-state index in [0.29, 0.717) is 0 Å². The summed E-state index contributed by atoms with van der Waals surface area (Å²) in [6, 6.07) is 92.2. The Balaban J connectivity index is 1.02. The first-order chi connectivity index (χ1) is 36.0. The number of hydrogen-bond acceptors (Lipinski definition) is 2. The van der Waals surface area contributed by atoms with Crippen molar-refractivity contribution < 1.29 is 0 Å². The van der Waals surface area contributed by atoms with Gasteiger partial charge in [-0.1, -0.05) is 248 Å².